The minimum absolute atomic E-state index is 0.209. The van der Waals surface area contributed by atoms with Crippen LogP contribution >= 0.6 is 0 Å². The molecule has 1 N–H and O–H groups in total. The third kappa shape index (κ3) is 3.79. The van der Waals surface area contributed by atoms with Crippen LogP contribution in [0.4, 0.5) is 18.9 Å². The minimum atomic E-state index is -4.57. The molecule has 0 aliphatic carbocycles. The van der Waals surface area contributed by atoms with Gasteiger partial charge in [0.25, 0.3) is 5.91 Å². The van der Waals surface area contributed by atoms with Gasteiger partial charge in [-0.1, -0.05) is 12.1 Å². The Kier molecular flexibility index (Phi) is 4.71. The number of nitrogens with one attached hydrogen (secondary N) is 1. The first-order valence-corrected chi connectivity index (χ1v) is 6.75. The third-order valence-corrected chi connectivity index (χ3v) is 3.30. The minimum Gasteiger partial charge on any atom is -0.376 e. The number of para-hydroxylation sites is 1. The fraction of sp³-hybridized carbons (Fsp3) is 0.333. The highest BCUT2D eigenvalue weighted by molar-refractivity contribution is 6.06. The first-order chi connectivity index (χ1) is 10.4. The molecule has 1 aromatic carbocycles. The molecule has 0 unspecified atom stereocenters. The summed E-state index contributed by atoms with van der Waals surface area (Å²) in [6.45, 7) is 1.47. The Morgan fingerprint density at radius 3 is 2.50 bits per heavy atom. The monoisotopic (exact) mass is 309 g/mol. The molecule has 116 valence electrons. The number of anilines is 1. The Hall–Kier alpha value is -2.49. The summed E-state index contributed by atoms with van der Waals surface area (Å²) >= 11 is 0. The van der Waals surface area contributed by atoms with Crippen molar-refractivity contribution in [2.45, 2.75) is 19.0 Å². The zero-order valence-electron chi connectivity index (χ0n) is 11.7. The van der Waals surface area contributed by atoms with E-state index >= 15 is 0 Å². The fourth-order valence-corrected chi connectivity index (χ4v) is 2.22. The van der Waals surface area contributed by atoms with E-state index in [-0.39, 0.29) is 11.3 Å². The number of hydrogen-bond acceptors (Lipinski definition) is 3. The predicted molar refractivity (Wildman–Crippen MR) is 74.6 cm³/mol. The third-order valence-electron chi connectivity index (χ3n) is 3.30. The number of halogens is 3. The van der Waals surface area contributed by atoms with Crippen molar-refractivity contribution in [1.29, 1.82) is 5.26 Å². The standard InChI is InChI=1S/C15H14F3N3O/c16-15(17,18)12-5-1-2-6-13(12)20-14(22)11(9-19)10-21-7-3-4-8-21/h1-2,5-6,10H,3-4,7-8H2,(H,20,22)/b11-10-. The van der Waals surface area contributed by atoms with Crippen LogP contribution in [0, 0.1) is 11.3 Å². The van der Waals surface area contributed by atoms with Gasteiger partial charge in [-0.3, -0.25) is 4.79 Å². The first kappa shape index (κ1) is 15.9. The van der Waals surface area contributed by atoms with E-state index in [1.54, 1.807) is 6.07 Å². The highest BCUT2D eigenvalue weighted by atomic mass is 19.4. The highest BCUT2D eigenvalue weighted by Crippen LogP contribution is 2.34. The van der Waals surface area contributed by atoms with Crippen molar-refractivity contribution < 1.29 is 18.0 Å². The van der Waals surface area contributed by atoms with Gasteiger partial charge in [0.05, 0.1) is 11.3 Å². The van der Waals surface area contributed by atoms with Crippen molar-refractivity contribution in [3.8, 4) is 6.07 Å². The lowest BCUT2D eigenvalue weighted by molar-refractivity contribution is -0.137. The van der Waals surface area contributed by atoms with Gasteiger partial charge in [0, 0.05) is 19.3 Å². The summed E-state index contributed by atoms with van der Waals surface area (Å²) in [6.07, 6.45) is -1.24. The van der Waals surface area contributed by atoms with E-state index in [4.69, 9.17) is 5.26 Å². The van der Waals surface area contributed by atoms with E-state index in [1.165, 1.54) is 18.3 Å². The molecular weight excluding hydrogens is 295 g/mol. The lowest BCUT2D eigenvalue weighted by Crippen LogP contribution is -2.20. The van der Waals surface area contributed by atoms with Crippen molar-refractivity contribution in [3.63, 3.8) is 0 Å². The van der Waals surface area contributed by atoms with Gasteiger partial charge in [-0.2, -0.15) is 18.4 Å². The molecule has 1 aromatic rings. The van der Waals surface area contributed by atoms with Gasteiger partial charge in [-0.05, 0) is 25.0 Å². The van der Waals surface area contributed by atoms with Gasteiger partial charge in [-0.25, -0.2) is 0 Å². The molecule has 0 bridgehead atoms. The first-order valence-electron chi connectivity index (χ1n) is 6.75. The van der Waals surface area contributed by atoms with Gasteiger partial charge < -0.3 is 10.2 Å². The average Bonchev–Trinajstić information content (AvgIpc) is 2.97. The molecular formula is C15H14F3N3O. The topological polar surface area (TPSA) is 56.1 Å². The van der Waals surface area contributed by atoms with Crippen LogP contribution < -0.4 is 5.32 Å². The molecule has 22 heavy (non-hydrogen) atoms. The molecule has 1 aliphatic rings. The van der Waals surface area contributed by atoms with Crippen LogP contribution in [0.2, 0.25) is 0 Å². The van der Waals surface area contributed by atoms with Crippen LogP contribution in [0.3, 0.4) is 0 Å². The maximum absolute atomic E-state index is 12.9. The smallest absolute Gasteiger partial charge is 0.376 e. The van der Waals surface area contributed by atoms with Crippen molar-refractivity contribution in [1.82, 2.24) is 4.90 Å². The molecule has 0 aromatic heterocycles. The van der Waals surface area contributed by atoms with Crippen LogP contribution in [0.1, 0.15) is 18.4 Å². The molecule has 0 saturated carbocycles. The summed E-state index contributed by atoms with van der Waals surface area (Å²) < 4.78 is 38.6. The summed E-state index contributed by atoms with van der Waals surface area (Å²) in [6, 6.07) is 6.40. The fourth-order valence-electron chi connectivity index (χ4n) is 2.22. The van der Waals surface area contributed by atoms with E-state index in [0.717, 1.165) is 38.1 Å². The number of nitrogens with zero attached hydrogens (tertiary/aromatic N) is 2. The SMILES string of the molecule is N#C/C(=C/N1CCCC1)C(=O)Nc1ccccc1C(F)(F)F. The van der Waals surface area contributed by atoms with Gasteiger partial charge in [-0.15, -0.1) is 0 Å². The number of likely N-dealkylation sites (tertiary alicyclic amines) is 1. The Morgan fingerprint density at radius 1 is 1.27 bits per heavy atom. The normalized spacial score (nSPS) is 15.5. The van der Waals surface area contributed by atoms with E-state index in [2.05, 4.69) is 5.32 Å². The van der Waals surface area contributed by atoms with Crippen molar-refractivity contribution >= 4 is 11.6 Å². The van der Waals surface area contributed by atoms with E-state index in [0.29, 0.717) is 0 Å². The number of rotatable bonds is 3. The maximum Gasteiger partial charge on any atom is 0.418 e. The Labute approximate surface area is 125 Å². The number of amides is 1. The molecule has 1 heterocycles. The number of nitriles is 1. The molecule has 0 radical (unpaired) electrons. The Balaban J connectivity index is 2.19. The van der Waals surface area contributed by atoms with Crippen molar-refractivity contribution in [2.75, 3.05) is 18.4 Å². The van der Waals surface area contributed by atoms with Gasteiger partial charge in [0.15, 0.2) is 0 Å². The van der Waals surface area contributed by atoms with Gasteiger partial charge >= 0.3 is 6.18 Å². The summed E-state index contributed by atoms with van der Waals surface area (Å²) in [5.74, 6) is -0.842. The lowest BCUT2D eigenvalue weighted by atomic mass is 10.1. The summed E-state index contributed by atoms with van der Waals surface area (Å²) in [7, 11) is 0. The lowest BCUT2D eigenvalue weighted by Gasteiger charge is -2.14. The van der Waals surface area contributed by atoms with Crippen molar-refractivity contribution in [3.05, 3.63) is 41.6 Å². The summed E-state index contributed by atoms with van der Waals surface area (Å²) in [5, 5.41) is 11.2. The van der Waals surface area contributed by atoms with Crippen LogP contribution in [0.15, 0.2) is 36.0 Å². The second-order valence-corrected chi connectivity index (χ2v) is 4.90. The molecule has 0 atom stereocenters. The number of carbonyl (C=O) groups excluding carboxylic acids is 1. The molecule has 0 spiro atoms. The number of carbonyl (C=O) groups is 1. The quantitative estimate of drug-likeness (QED) is 0.689. The van der Waals surface area contributed by atoms with E-state index in [1.807, 2.05) is 4.90 Å². The van der Waals surface area contributed by atoms with Crippen LogP contribution in [-0.4, -0.2) is 23.9 Å². The number of hydrogen-bond donors (Lipinski definition) is 1. The molecule has 1 amide bonds. The second-order valence-electron chi connectivity index (χ2n) is 4.90. The number of alkyl halides is 3. The number of benzene rings is 1. The Bertz CT molecular complexity index is 626. The largest absolute Gasteiger partial charge is 0.418 e. The predicted octanol–water partition coefficient (Wildman–Crippen LogP) is 3.15. The Morgan fingerprint density at radius 2 is 1.91 bits per heavy atom. The maximum atomic E-state index is 12.9. The molecule has 1 saturated heterocycles. The zero-order chi connectivity index (χ0) is 16.2. The highest BCUT2D eigenvalue weighted by Gasteiger charge is 2.33. The van der Waals surface area contributed by atoms with Gasteiger partial charge in [0.2, 0.25) is 0 Å². The zero-order valence-corrected chi connectivity index (χ0v) is 11.7. The van der Waals surface area contributed by atoms with Crippen molar-refractivity contribution in [2.24, 2.45) is 0 Å². The molecule has 1 aliphatic heterocycles. The van der Waals surface area contributed by atoms with Crippen LogP contribution in [-0.2, 0) is 11.0 Å². The molecule has 7 heteroatoms. The summed E-state index contributed by atoms with van der Waals surface area (Å²) in [4.78, 5) is 13.8. The molecule has 2 rings (SSSR count). The molecule has 1 fully saturated rings. The second kappa shape index (κ2) is 6.52. The van der Waals surface area contributed by atoms with Crippen LogP contribution in [0.5, 0.6) is 0 Å². The molecule has 4 nitrogen and oxygen atoms in total. The van der Waals surface area contributed by atoms with Gasteiger partial charge in [0.1, 0.15) is 11.6 Å². The van der Waals surface area contributed by atoms with E-state index in [9.17, 15) is 18.0 Å². The summed E-state index contributed by atoms with van der Waals surface area (Å²) in [5.41, 5.74) is -1.51. The average molecular weight is 309 g/mol. The van der Waals surface area contributed by atoms with Crippen LogP contribution in [0.25, 0.3) is 0 Å². The van der Waals surface area contributed by atoms with E-state index < -0.39 is 17.6 Å².